The molecule has 1 N–H and O–H groups in total. The zero-order chi connectivity index (χ0) is 18.1. The van der Waals surface area contributed by atoms with Gasteiger partial charge < -0.3 is 4.74 Å². The summed E-state index contributed by atoms with van der Waals surface area (Å²) in [5, 5.41) is -0.0400. The Balaban J connectivity index is 3.25. The number of hydrogen-bond acceptors (Lipinski definition) is 4. The molecule has 11 heteroatoms. The SMILES string of the molecule is COC(=O)C(C)(CC(F)(F)F)NS(=O)(=O)c1ccc(Cl)c(Cl)c1. The topological polar surface area (TPSA) is 72.5 Å². The minimum Gasteiger partial charge on any atom is -0.468 e. The van der Waals surface area contributed by atoms with Crippen molar-refractivity contribution in [3.63, 3.8) is 0 Å². The van der Waals surface area contributed by atoms with Crippen molar-refractivity contribution in [1.82, 2.24) is 4.72 Å². The monoisotopic (exact) mass is 393 g/mol. The molecule has 0 saturated heterocycles. The maximum atomic E-state index is 12.7. The lowest BCUT2D eigenvalue weighted by atomic mass is 9.99. The Morgan fingerprint density at radius 2 is 1.83 bits per heavy atom. The zero-order valence-electron chi connectivity index (χ0n) is 11.9. The molecule has 5 nitrogen and oxygen atoms in total. The number of rotatable bonds is 5. The van der Waals surface area contributed by atoms with E-state index in [1.807, 2.05) is 0 Å². The van der Waals surface area contributed by atoms with Crippen LogP contribution in [-0.2, 0) is 19.6 Å². The molecule has 1 aromatic carbocycles. The third-order valence-electron chi connectivity index (χ3n) is 2.75. The third kappa shape index (κ3) is 5.23. The van der Waals surface area contributed by atoms with Crippen molar-refractivity contribution in [2.75, 3.05) is 7.11 Å². The Labute approximate surface area is 140 Å². The van der Waals surface area contributed by atoms with E-state index in [1.54, 1.807) is 4.72 Å². The average Bonchev–Trinajstić information content (AvgIpc) is 2.37. The standard InChI is InChI=1S/C12H12Cl2F3NO4S/c1-11(10(19)22-2,6-12(15,16)17)18-23(20,21)7-3-4-8(13)9(14)5-7/h3-5,18H,6H2,1-2H3. The van der Waals surface area contributed by atoms with E-state index in [2.05, 4.69) is 4.74 Å². The van der Waals surface area contributed by atoms with Crippen LogP contribution in [0.4, 0.5) is 13.2 Å². The van der Waals surface area contributed by atoms with Gasteiger partial charge in [0.2, 0.25) is 10.0 Å². The highest BCUT2D eigenvalue weighted by Gasteiger charge is 2.48. The third-order valence-corrected chi connectivity index (χ3v) is 5.08. The van der Waals surface area contributed by atoms with Crippen LogP contribution in [0.5, 0.6) is 0 Å². The fourth-order valence-electron chi connectivity index (χ4n) is 1.78. The Morgan fingerprint density at radius 1 is 1.26 bits per heavy atom. The molecular weight excluding hydrogens is 382 g/mol. The second-order valence-corrected chi connectivity index (χ2v) is 7.29. The van der Waals surface area contributed by atoms with Crippen molar-refractivity contribution in [1.29, 1.82) is 0 Å². The van der Waals surface area contributed by atoms with Crippen LogP contribution in [0.2, 0.25) is 10.0 Å². The number of ether oxygens (including phenoxy) is 1. The molecule has 1 atom stereocenters. The number of halogens is 5. The summed E-state index contributed by atoms with van der Waals surface area (Å²) < 4.78 is 68.4. The summed E-state index contributed by atoms with van der Waals surface area (Å²) in [4.78, 5) is 11.2. The molecule has 0 spiro atoms. The summed E-state index contributed by atoms with van der Waals surface area (Å²) >= 11 is 11.3. The normalized spacial score (nSPS) is 15.1. The van der Waals surface area contributed by atoms with Crippen LogP contribution < -0.4 is 4.72 Å². The quantitative estimate of drug-likeness (QED) is 0.779. The summed E-state index contributed by atoms with van der Waals surface area (Å²) in [6.07, 6.45) is -6.55. The van der Waals surface area contributed by atoms with E-state index < -0.39 is 39.0 Å². The average molecular weight is 394 g/mol. The van der Waals surface area contributed by atoms with Gasteiger partial charge in [0.25, 0.3) is 0 Å². The molecule has 1 aromatic rings. The van der Waals surface area contributed by atoms with Crippen molar-refractivity contribution in [2.45, 2.75) is 30.0 Å². The van der Waals surface area contributed by atoms with Crippen LogP contribution >= 0.6 is 23.2 Å². The van der Waals surface area contributed by atoms with Crippen molar-refractivity contribution in [3.05, 3.63) is 28.2 Å². The van der Waals surface area contributed by atoms with Crippen LogP contribution in [0.3, 0.4) is 0 Å². The van der Waals surface area contributed by atoms with E-state index in [4.69, 9.17) is 23.2 Å². The van der Waals surface area contributed by atoms with E-state index in [9.17, 15) is 26.4 Å². The number of carbonyl (C=O) groups excluding carboxylic acids is 1. The Bertz CT molecular complexity index is 709. The maximum absolute atomic E-state index is 12.7. The number of methoxy groups -OCH3 is 1. The van der Waals surface area contributed by atoms with E-state index >= 15 is 0 Å². The molecule has 23 heavy (non-hydrogen) atoms. The van der Waals surface area contributed by atoms with Crippen molar-refractivity contribution in [3.8, 4) is 0 Å². The molecule has 0 amide bonds. The van der Waals surface area contributed by atoms with Crippen molar-refractivity contribution in [2.24, 2.45) is 0 Å². The summed E-state index contributed by atoms with van der Waals surface area (Å²) in [6.45, 7) is 0.779. The molecule has 1 unspecified atom stereocenters. The summed E-state index contributed by atoms with van der Waals surface area (Å²) in [5.41, 5.74) is -2.53. The predicted molar refractivity (Wildman–Crippen MR) is 77.9 cm³/mol. The van der Waals surface area contributed by atoms with Crippen LogP contribution in [0.1, 0.15) is 13.3 Å². The molecule has 0 aliphatic carbocycles. The Kier molecular flexibility index (Phi) is 5.95. The van der Waals surface area contributed by atoms with Crippen LogP contribution in [0, 0.1) is 0 Å². The molecule has 1 rings (SSSR count). The smallest absolute Gasteiger partial charge is 0.391 e. The molecule has 130 valence electrons. The van der Waals surface area contributed by atoms with Gasteiger partial charge >= 0.3 is 12.1 Å². The minimum absolute atomic E-state index is 0.0663. The van der Waals surface area contributed by atoms with Gasteiger partial charge in [0.1, 0.15) is 5.54 Å². The van der Waals surface area contributed by atoms with Crippen LogP contribution in [-0.4, -0.2) is 33.2 Å². The van der Waals surface area contributed by atoms with E-state index in [0.717, 1.165) is 32.2 Å². The van der Waals surface area contributed by atoms with Crippen LogP contribution in [0.25, 0.3) is 0 Å². The first-order valence-corrected chi connectivity index (χ1v) is 8.19. The summed E-state index contributed by atoms with van der Waals surface area (Å²) in [6, 6.07) is 3.16. The number of benzene rings is 1. The fraction of sp³-hybridized carbons (Fsp3) is 0.417. The number of alkyl halides is 3. The van der Waals surface area contributed by atoms with Gasteiger partial charge in [0.05, 0.1) is 28.5 Å². The number of sulfonamides is 1. The second-order valence-electron chi connectivity index (χ2n) is 4.80. The highest BCUT2D eigenvalue weighted by molar-refractivity contribution is 7.89. The highest BCUT2D eigenvalue weighted by atomic mass is 35.5. The van der Waals surface area contributed by atoms with E-state index in [0.29, 0.717) is 0 Å². The molecule has 0 aliphatic rings. The Morgan fingerprint density at radius 3 is 2.26 bits per heavy atom. The van der Waals surface area contributed by atoms with Gasteiger partial charge in [-0.15, -0.1) is 0 Å². The molecule has 0 aliphatic heterocycles. The second kappa shape index (κ2) is 6.84. The van der Waals surface area contributed by atoms with Gasteiger partial charge in [-0.2, -0.15) is 17.9 Å². The summed E-state index contributed by atoms with van der Waals surface area (Å²) in [5.74, 6) is -1.38. The molecule has 0 saturated carbocycles. The fourth-order valence-corrected chi connectivity index (χ4v) is 3.53. The van der Waals surface area contributed by atoms with Gasteiger partial charge in [-0.25, -0.2) is 8.42 Å². The maximum Gasteiger partial charge on any atom is 0.391 e. The molecule has 0 heterocycles. The number of nitrogens with one attached hydrogen (secondary N) is 1. The zero-order valence-corrected chi connectivity index (χ0v) is 14.2. The molecule has 0 fully saturated rings. The number of esters is 1. The molecule has 0 bridgehead atoms. The molecular formula is C12H12Cl2F3NO4S. The van der Waals surface area contributed by atoms with Gasteiger partial charge in [0, 0.05) is 0 Å². The van der Waals surface area contributed by atoms with Crippen molar-refractivity contribution >= 4 is 39.2 Å². The first-order valence-electron chi connectivity index (χ1n) is 5.95. The lowest BCUT2D eigenvalue weighted by Gasteiger charge is -2.28. The predicted octanol–water partition coefficient (Wildman–Crippen LogP) is 3.16. The lowest BCUT2D eigenvalue weighted by molar-refractivity contribution is -0.168. The van der Waals surface area contributed by atoms with E-state index in [-0.39, 0.29) is 10.0 Å². The van der Waals surface area contributed by atoms with Gasteiger partial charge in [0.15, 0.2) is 0 Å². The first kappa shape index (κ1) is 20.0. The minimum atomic E-state index is -4.80. The molecule has 0 aromatic heterocycles. The number of hydrogen-bond donors (Lipinski definition) is 1. The number of carbonyl (C=O) groups is 1. The summed E-state index contributed by atoms with van der Waals surface area (Å²) in [7, 11) is -3.63. The van der Waals surface area contributed by atoms with Gasteiger partial charge in [-0.05, 0) is 25.1 Å². The van der Waals surface area contributed by atoms with Gasteiger partial charge in [-0.1, -0.05) is 23.2 Å². The van der Waals surface area contributed by atoms with E-state index in [1.165, 1.54) is 0 Å². The Hall–Kier alpha value is -1.03. The highest BCUT2D eigenvalue weighted by Crippen LogP contribution is 2.31. The van der Waals surface area contributed by atoms with Gasteiger partial charge in [-0.3, -0.25) is 4.79 Å². The lowest BCUT2D eigenvalue weighted by Crippen LogP contribution is -2.54. The largest absolute Gasteiger partial charge is 0.468 e. The molecule has 0 radical (unpaired) electrons. The van der Waals surface area contributed by atoms with Crippen molar-refractivity contribution < 1.29 is 31.1 Å². The van der Waals surface area contributed by atoms with Crippen LogP contribution in [0.15, 0.2) is 23.1 Å². The first-order chi connectivity index (χ1) is 10.3.